The van der Waals surface area contributed by atoms with Gasteiger partial charge < -0.3 is 15.5 Å². The maximum Gasteiger partial charge on any atom is 0.235 e. The molecular formula is C19H27N5O2S. The van der Waals surface area contributed by atoms with E-state index in [1.807, 2.05) is 24.0 Å². The average molecular weight is 390 g/mol. The molecule has 0 radical (unpaired) electrons. The molecule has 2 heterocycles. The minimum absolute atomic E-state index is 0.128. The number of aromatic nitrogens is 3. The van der Waals surface area contributed by atoms with Gasteiger partial charge in [-0.15, -0.1) is 10.2 Å². The summed E-state index contributed by atoms with van der Waals surface area (Å²) in [6.45, 7) is 8.09. The van der Waals surface area contributed by atoms with Crippen LogP contribution in [0.4, 0.5) is 0 Å². The monoisotopic (exact) mass is 389 g/mol. The number of carbonyl (C=O) groups excluding carboxylic acids is 1. The second-order valence-corrected chi connectivity index (χ2v) is 8.38. The summed E-state index contributed by atoms with van der Waals surface area (Å²) in [6, 6.07) is 8.00. The molecule has 7 nitrogen and oxygen atoms in total. The van der Waals surface area contributed by atoms with Gasteiger partial charge in [-0.25, -0.2) is 4.68 Å². The van der Waals surface area contributed by atoms with E-state index in [0.29, 0.717) is 16.9 Å². The number of nitrogen functional groups attached to an aromatic ring is 1. The molecule has 146 valence electrons. The fourth-order valence-electron chi connectivity index (χ4n) is 2.99. The predicted octanol–water partition coefficient (Wildman–Crippen LogP) is 2.80. The highest BCUT2D eigenvalue weighted by Gasteiger charge is 2.26. The molecule has 1 aromatic carbocycles. The second kappa shape index (κ2) is 8.65. The summed E-state index contributed by atoms with van der Waals surface area (Å²) >= 11 is 1.33. The third kappa shape index (κ3) is 4.74. The van der Waals surface area contributed by atoms with Crippen molar-refractivity contribution >= 4 is 17.7 Å². The summed E-state index contributed by atoms with van der Waals surface area (Å²) in [5, 5.41) is 8.49. The van der Waals surface area contributed by atoms with E-state index in [0.717, 1.165) is 31.7 Å². The molecule has 0 unspecified atom stereocenters. The van der Waals surface area contributed by atoms with Crippen molar-refractivity contribution < 1.29 is 9.53 Å². The molecule has 3 rings (SSSR count). The highest BCUT2D eigenvalue weighted by atomic mass is 32.2. The Kier molecular flexibility index (Phi) is 6.26. The van der Waals surface area contributed by atoms with Crippen LogP contribution in [0.5, 0.6) is 5.75 Å². The van der Waals surface area contributed by atoms with E-state index in [9.17, 15) is 4.79 Å². The summed E-state index contributed by atoms with van der Waals surface area (Å²) < 4.78 is 7.17. The van der Waals surface area contributed by atoms with Gasteiger partial charge >= 0.3 is 0 Å². The first-order valence-electron chi connectivity index (χ1n) is 9.33. The predicted molar refractivity (Wildman–Crippen MR) is 106 cm³/mol. The van der Waals surface area contributed by atoms with Crippen LogP contribution in [-0.4, -0.2) is 44.0 Å². The van der Waals surface area contributed by atoms with Crippen LogP contribution in [0, 0.1) is 0 Å². The molecule has 1 aliphatic heterocycles. The Morgan fingerprint density at radius 1 is 1.19 bits per heavy atom. The van der Waals surface area contributed by atoms with Crippen molar-refractivity contribution in [3.8, 4) is 5.75 Å². The standard InChI is InChI=1S/C19H27N5O2S/c1-13(2)15-6-8-16(9-7-15)26-12-17-21-22-19(24(17)20)27-14(3)18(25)23-10-4-5-11-23/h6-9,13-14H,4-5,10-12,20H2,1-3H3/t14-/m1/s1. The van der Waals surface area contributed by atoms with Crippen LogP contribution < -0.4 is 10.6 Å². The first kappa shape index (κ1) is 19.5. The average Bonchev–Trinajstić information content (AvgIpc) is 3.31. The van der Waals surface area contributed by atoms with E-state index in [1.165, 1.54) is 22.0 Å². The number of benzene rings is 1. The van der Waals surface area contributed by atoms with Gasteiger partial charge in [-0.2, -0.15) is 0 Å². The Hall–Kier alpha value is -2.22. The molecule has 0 aliphatic carbocycles. The molecule has 27 heavy (non-hydrogen) atoms. The maximum atomic E-state index is 12.4. The largest absolute Gasteiger partial charge is 0.486 e. The summed E-state index contributed by atoms with van der Waals surface area (Å²) in [5.74, 6) is 7.99. The first-order valence-corrected chi connectivity index (χ1v) is 10.2. The lowest BCUT2D eigenvalue weighted by Crippen LogP contribution is -2.34. The molecule has 0 spiro atoms. The molecule has 1 amide bonds. The lowest BCUT2D eigenvalue weighted by atomic mass is 10.0. The van der Waals surface area contributed by atoms with E-state index in [4.69, 9.17) is 10.6 Å². The normalized spacial score (nSPS) is 15.3. The van der Waals surface area contributed by atoms with Crippen LogP contribution in [0.2, 0.25) is 0 Å². The van der Waals surface area contributed by atoms with Crippen molar-refractivity contribution in [2.75, 3.05) is 18.9 Å². The van der Waals surface area contributed by atoms with Gasteiger partial charge in [0.05, 0.1) is 5.25 Å². The van der Waals surface area contributed by atoms with Crippen molar-refractivity contribution in [1.82, 2.24) is 19.8 Å². The Morgan fingerprint density at radius 2 is 1.85 bits per heavy atom. The SMILES string of the molecule is CC(C)c1ccc(OCc2nnc(S[C@H](C)C(=O)N3CCCC3)n2N)cc1. The minimum atomic E-state index is -0.244. The number of ether oxygens (including phenoxy) is 1. The summed E-state index contributed by atoms with van der Waals surface area (Å²) in [7, 11) is 0. The lowest BCUT2D eigenvalue weighted by Gasteiger charge is -2.19. The Labute approximate surface area is 164 Å². The third-order valence-electron chi connectivity index (χ3n) is 4.70. The fraction of sp³-hybridized carbons (Fsp3) is 0.526. The zero-order valence-electron chi connectivity index (χ0n) is 16.1. The van der Waals surface area contributed by atoms with Gasteiger partial charge in [-0.1, -0.05) is 37.7 Å². The van der Waals surface area contributed by atoms with Crippen LogP contribution in [0.25, 0.3) is 0 Å². The molecule has 8 heteroatoms. The molecule has 1 atom stereocenters. The zero-order chi connectivity index (χ0) is 19.4. The number of hydrogen-bond donors (Lipinski definition) is 1. The number of nitrogens with zero attached hydrogens (tertiary/aromatic N) is 4. The highest BCUT2D eigenvalue weighted by molar-refractivity contribution is 8.00. The highest BCUT2D eigenvalue weighted by Crippen LogP contribution is 2.24. The molecule has 1 saturated heterocycles. The van der Waals surface area contributed by atoms with Gasteiger partial charge in [-0.3, -0.25) is 4.79 Å². The molecule has 2 N–H and O–H groups in total. The number of likely N-dealkylation sites (tertiary alicyclic amines) is 1. The van der Waals surface area contributed by atoms with Crippen molar-refractivity contribution in [2.24, 2.45) is 0 Å². The number of rotatable bonds is 7. The molecule has 1 fully saturated rings. The quantitative estimate of drug-likeness (QED) is 0.579. The maximum absolute atomic E-state index is 12.4. The lowest BCUT2D eigenvalue weighted by molar-refractivity contribution is -0.129. The molecule has 1 aliphatic rings. The minimum Gasteiger partial charge on any atom is -0.486 e. The first-order chi connectivity index (χ1) is 13.0. The summed E-state index contributed by atoms with van der Waals surface area (Å²) in [5.41, 5.74) is 1.26. The molecule has 0 bridgehead atoms. The number of amides is 1. The summed E-state index contributed by atoms with van der Waals surface area (Å²) in [4.78, 5) is 14.3. The Bertz CT molecular complexity index is 769. The van der Waals surface area contributed by atoms with E-state index in [1.54, 1.807) is 0 Å². The molecule has 1 aromatic heterocycles. The second-order valence-electron chi connectivity index (χ2n) is 7.07. The fourth-order valence-corrected chi connectivity index (χ4v) is 3.86. The van der Waals surface area contributed by atoms with Gasteiger partial charge in [0.25, 0.3) is 0 Å². The number of carbonyl (C=O) groups is 1. The van der Waals surface area contributed by atoms with Crippen LogP contribution in [0.3, 0.4) is 0 Å². The van der Waals surface area contributed by atoms with Crippen LogP contribution in [-0.2, 0) is 11.4 Å². The summed E-state index contributed by atoms with van der Waals surface area (Å²) in [6.07, 6.45) is 2.16. The smallest absolute Gasteiger partial charge is 0.235 e. The van der Waals surface area contributed by atoms with E-state index < -0.39 is 0 Å². The van der Waals surface area contributed by atoms with Crippen LogP contribution >= 0.6 is 11.8 Å². The Balaban J connectivity index is 1.57. The van der Waals surface area contributed by atoms with Gasteiger partial charge in [0, 0.05) is 13.1 Å². The van der Waals surface area contributed by atoms with Crippen molar-refractivity contribution in [3.05, 3.63) is 35.7 Å². The van der Waals surface area contributed by atoms with E-state index in [2.05, 4.69) is 36.2 Å². The van der Waals surface area contributed by atoms with E-state index in [-0.39, 0.29) is 17.8 Å². The number of hydrogen-bond acceptors (Lipinski definition) is 6. The van der Waals surface area contributed by atoms with Crippen molar-refractivity contribution in [2.45, 2.75) is 56.5 Å². The van der Waals surface area contributed by atoms with Gasteiger partial charge in [-0.05, 0) is 43.4 Å². The molecular weight excluding hydrogens is 362 g/mol. The van der Waals surface area contributed by atoms with Gasteiger partial charge in [0.1, 0.15) is 12.4 Å². The molecule has 2 aromatic rings. The van der Waals surface area contributed by atoms with Gasteiger partial charge in [0.2, 0.25) is 11.1 Å². The number of nitrogens with two attached hydrogens (primary N) is 1. The third-order valence-corrected chi connectivity index (χ3v) is 5.74. The van der Waals surface area contributed by atoms with Crippen molar-refractivity contribution in [3.63, 3.8) is 0 Å². The topological polar surface area (TPSA) is 86.3 Å². The molecule has 0 saturated carbocycles. The Morgan fingerprint density at radius 3 is 2.48 bits per heavy atom. The van der Waals surface area contributed by atoms with Gasteiger partial charge in [0.15, 0.2) is 5.82 Å². The van der Waals surface area contributed by atoms with Crippen LogP contribution in [0.1, 0.15) is 50.9 Å². The number of thioether (sulfide) groups is 1. The van der Waals surface area contributed by atoms with Crippen LogP contribution in [0.15, 0.2) is 29.4 Å². The van der Waals surface area contributed by atoms with E-state index >= 15 is 0 Å². The van der Waals surface area contributed by atoms with Crippen molar-refractivity contribution in [1.29, 1.82) is 0 Å². The zero-order valence-corrected chi connectivity index (χ0v) is 16.9.